The van der Waals surface area contributed by atoms with Crippen LogP contribution in [-0.2, 0) is 13.1 Å². The first-order chi connectivity index (χ1) is 22.5. The number of hydrogen-bond acceptors (Lipinski definition) is 11. The fourth-order valence-electron chi connectivity index (χ4n) is 5.69. The van der Waals surface area contributed by atoms with Crippen LogP contribution in [0.5, 0.6) is 11.5 Å². The normalized spacial score (nSPS) is 13.6. The van der Waals surface area contributed by atoms with Crippen molar-refractivity contribution in [1.82, 2.24) is 20.1 Å². The van der Waals surface area contributed by atoms with Crippen molar-refractivity contribution in [1.29, 1.82) is 0 Å². The summed E-state index contributed by atoms with van der Waals surface area (Å²) in [6, 6.07) is 23.8. The van der Waals surface area contributed by atoms with Crippen molar-refractivity contribution >= 4 is 28.5 Å². The van der Waals surface area contributed by atoms with Gasteiger partial charge in [0, 0.05) is 57.1 Å². The number of thiazole rings is 1. The van der Waals surface area contributed by atoms with E-state index < -0.39 is 0 Å². The van der Waals surface area contributed by atoms with Crippen LogP contribution in [0.4, 0.5) is 17.2 Å². The molecule has 2 aromatic heterocycles. The molecule has 238 valence electrons. The van der Waals surface area contributed by atoms with Gasteiger partial charge < -0.3 is 31.5 Å². The Morgan fingerprint density at radius 1 is 0.978 bits per heavy atom. The van der Waals surface area contributed by atoms with Crippen LogP contribution < -0.4 is 26.4 Å². The van der Waals surface area contributed by atoms with E-state index in [-0.39, 0.29) is 5.75 Å². The number of ether oxygens (including phenoxy) is 1. The number of nitrogens with two attached hydrogens (primary N) is 2. The lowest BCUT2D eigenvalue weighted by molar-refractivity contribution is 0.249. The number of nitrogens with one attached hydrogen (secondary N) is 1. The number of nitrogens with zero attached hydrogens (tertiary/aromatic N) is 5. The molecule has 46 heavy (non-hydrogen) atoms. The molecule has 6 N–H and O–H groups in total. The van der Waals surface area contributed by atoms with Gasteiger partial charge in [-0.15, -0.1) is 21.5 Å². The van der Waals surface area contributed by atoms with Gasteiger partial charge in [0.05, 0.1) is 34.1 Å². The molecule has 0 unspecified atom stereocenters. The molecule has 11 heteroatoms. The summed E-state index contributed by atoms with van der Waals surface area (Å²) in [6.07, 6.45) is 0.866. The van der Waals surface area contributed by atoms with E-state index in [1.807, 2.05) is 30.6 Å². The van der Waals surface area contributed by atoms with Crippen LogP contribution in [0.1, 0.15) is 23.2 Å². The molecule has 1 aliphatic rings. The largest absolute Gasteiger partial charge is 0.507 e. The third kappa shape index (κ3) is 7.39. The zero-order valence-electron chi connectivity index (χ0n) is 26.0. The van der Waals surface area contributed by atoms with Gasteiger partial charge in [-0.25, -0.2) is 4.98 Å². The van der Waals surface area contributed by atoms with Crippen molar-refractivity contribution in [3.63, 3.8) is 0 Å². The van der Waals surface area contributed by atoms with Gasteiger partial charge in [-0.1, -0.05) is 36.4 Å². The van der Waals surface area contributed by atoms with Gasteiger partial charge in [-0.05, 0) is 66.4 Å². The molecular weight excluding hydrogens is 597 g/mol. The maximum absolute atomic E-state index is 10.3. The first-order valence-electron chi connectivity index (χ1n) is 15.6. The number of benzene rings is 3. The van der Waals surface area contributed by atoms with Crippen molar-refractivity contribution in [2.24, 2.45) is 5.73 Å². The molecule has 3 aromatic carbocycles. The number of piperazine rings is 1. The van der Waals surface area contributed by atoms with Crippen LogP contribution in [-0.4, -0.2) is 64.5 Å². The molecule has 0 amide bonds. The van der Waals surface area contributed by atoms with E-state index >= 15 is 0 Å². The second kappa shape index (κ2) is 14.6. The molecule has 6 rings (SSSR count). The van der Waals surface area contributed by atoms with Crippen LogP contribution in [0.25, 0.3) is 21.7 Å². The van der Waals surface area contributed by atoms with E-state index in [0.29, 0.717) is 30.2 Å². The lowest BCUT2D eigenvalue weighted by Gasteiger charge is -2.36. The molecule has 0 aliphatic carbocycles. The van der Waals surface area contributed by atoms with Crippen molar-refractivity contribution in [3.8, 4) is 33.2 Å². The van der Waals surface area contributed by atoms with Crippen LogP contribution in [0.2, 0.25) is 0 Å². The quantitative estimate of drug-likeness (QED) is 0.129. The second-order valence-corrected chi connectivity index (χ2v) is 12.3. The Balaban J connectivity index is 0.950. The summed E-state index contributed by atoms with van der Waals surface area (Å²) in [4.78, 5) is 10.3. The average molecular weight is 637 g/mol. The van der Waals surface area contributed by atoms with Gasteiger partial charge in [0.2, 0.25) is 0 Å². The summed E-state index contributed by atoms with van der Waals surface area (Å²) < 4.78 is 6.04. The predicted molar refractivity (Wildman–Crippen MR) is 186 cm³/mol. The zero-order valence-corrected chi connectivity index (χ0v) is 26.8. The van der Waals surface area contributed by atoms with Gasteiger partial charge in [0.1, 0.15) is 11.5 Å². The summed E-state index contributed by atoms with van der Waals surface area (Å²) in [5.41, 5.74) is 21.8. The maximum atomic E-state index is 10.3. The Bertz CT molecular complexity index is 1750. The molecule has 5 aromatic rings. The highest BCUT2D eigenvalue weighted by atomic mass is 32.1. The van der Waals surface area contributed by atoms with Gasteiger partial charge in [-0.2, -0.15) is 0 Å². The minimum absolute atomic E-state index is 0.173. The van der Waals surface area contributed by atoms with E-state index in [9.17, 15) is 5.11 Å². The Hall–Kier alpha value is -4.71. The number of phenols is 1. The molecule has 10 nitrogen and oxygen atoms in total. The first kappa shape index (κ1) is 31.3. The minimum Gasteiger partial charge on any atom is -0.507 e. The molecule has 3 heterocycles. The predicted octanol–water partition coefficient (Wildman–Crippen LogP) is 5.53. The average Bonchev–Trinajstić information content (AvgIpc) is 3.52. The topological polar surface area (TPSA) is 139 Å². The van der Waals surface area contributed by atoms with Crippen LogP contribution in [0.15, 0.2) is 78.3 Å². The SMILES string of the molecule is Cc1ncsc1-c1ccc(CN)c(NCCCOc2ccc(CN3CCN(c4cc(-c5ccccc5O)nnc4N)CC3)cc2)c1. The Kier molecular flexibility index (Phi) is 9.92. The number of para-hydroxylation sites is 1. The Labute approximate surface area is 273 Å². The standard InChI is InChI=1S/C35H40N8O2S/c1-24-34(46-23-39-24)26-9-10-27(21-36)30(19-26)38-13-4-18-45-28-11-7-25(8-12-28)22-42-14-16-43(17-15-42)32-20-31(40-41-35(32)37)29-5-2-3-6-33(29)44/h2-3,5-12,19-20,23,38,44H,4,13-18,21-22,36H2,1H3,(H2,37,41). The maximum Gasteiger partial charge on any atom is 0.169 e. The van der Waals surface area contributed by atoms with Crippen molar-refractivity contribution in [3.05, 3.63) is 95.1 Å². The van der Waals surface area contributed by atoms with E-state index in [0.717, 1.165) is 79.6 Å². The Morgan fingerprint density at radius 2 is 1.78 bits per heavy atom. The van der Waals surface area contributed by atoms with E-state index in [1.165, 1.54) is 10.4 Å². The highest BCUT2D eigenvalue weighted by molar-refractivity contribution is 7.13. The van der Waals surface area contributed by atoms with Crippen LogP contribution in [0, 0.1) is 6.92 Å². The molecular formula is C35H40N8O2S. The van der Waals surface area contributed by atoms with Crippen molar-refractivity contribution in [2.75, 3.05) is 55.3 Å². The summed E-state index contributed by atoms with van der Waals surface area (Å²) in [5, 5.41) is 22.2. The molecule has 1 fully saturated rings. The molecule has 0 radical (unpaired) electrons. The zero-order chi connectivity index (χ0) is 31.9. The third-order valence-electron chi connectivity index (χ3n) is 8.27. The molecule has 0 bridgehead atoms. The number of phenolic OH excluding ortho intramolecular Hbond substituents is 1. The van der Waals surface area contributed by atoms with Crippen molar-refractivity contribution in [2.45, 2.75) is 26.4 Å². The Morgan fingerprint density at radius 3 is 2.52 bits per heavy atom. The first-order valence-corrected chi connectivity index (χ1v) is 16.4. The molecule has 1 saturated heterocycles. The van der Waals surface area contributed by atoms with Crippen molar-refractivity contribution < 1.29 is 9.84 Å². The number of aromatic nitrogens is 3. The summed E-state index contributed by atoms with van der Waals surface area (Å²) in [6.45, 7) is 8.26. The highest BCUT2D eigenvalue weighted by Gasteiger charge is 2.21. The monoisotopic (exact) mass is 636 g/mol. The number of hydrogen-bond donors (Lipinski definition) is 4. The number of aryl methyl sites for hydroxylation is 1. The summed E-state index contributed by atoms with van der Waals surface area (Å²) in [5.74, 6) is 1.45. The van der Waals surface area contributed by atoms with Crippen LogP contribution >= 0.6 is 11.3 Å². The summed E-state index contributed by atoms with van der Waals surface area (Å²) >= 11 is 1.66. The molecule has 0 spiro atoms. The van der Waals surface area contributed by atoms with Gasteiger partial charge in [-0.3, -0.25) is 4.90 Å². The molecule has 0 saturated carbocycles. The van der Waals surface area contributed by atoms with Gasteiger partial charge in [0.15, 0.2) is 5.82 Å². The number of rotatable bonds is 12. The number of nitrogen functional groups attached to an aromatic ring is 1. The summed E-state index contributed by atoms with van der Waals surface area (Å²) in [7, 11) is 0. The van der Waals surface area contributed by atoms with E-state index in [4.69, 9.17) is 16.2 Å². The van der Waals surface area contributed by atoms with Crippen LogP contribution in [0.3, 0.4) is 0 Å². The third-order valence-corrected chi connectivity index (χ3v) is 9.24. The van der Waals surface area contributed by atoms with Gasteiger partial charge >= 0.3 is 0 Å². The molecule has 1 aliphatic heterocycles. The second-order valence-electron chi connectivity index (χ2n) is 11.4. The minimum atomic E-state index is 0.173. The lowest BCUT2D eigenvalue weighted by Crippen LogP contribution is -2.46. The molecule has 0 atom stereocenters. The van der Waals surface area contributed by atoms with Gasteiger partial charge in [0.25, 0.3) is 0 Å². The lowest BCUT2D eigenvalue weighted by atomic mass is 10.1. The highest BCUT2D eigenvalue weighted by Crippen LogP contribution is 2.32. The van der Waals surface area contributed by atoms with E-state index in [1.54, 1.807) is 23.5 Å². The van der Waals surface area contributed by atoms with E-state index in [2.05, 4.69) is 72.8 Å². The number of anilines is 3. The smallest absolute Gasteiger partial charge is 0.169 e. The number of aromatic hydroxyl groups is 1. The fourth-order valence-corrected chi connectivity index (χ4v) is 6.49. The fraction of sp³-hybridized carbons (Fsp3) is 0.286.